The molecule has 0 fully saturated rings. The van der Waals surface area contributed by atoms with Gasteiger partial charge in [-0.15, -0.1) is 0 Å². The number of amides is 1. The first kappa shape index (κ1) is 25.5. The number of rotatable bonds is 15. The maximum absolute atomic E-state index is 11.6. The summed E-state index contributed by atoms with van der Waals surface area (Å²) in [6.07, 6.45) is 11.8. The number of carboxylic acids is 1. The molecule has 0 radical (unpaired) electrons. The van der Waals surface area contributed by atoms with Gasteiger partial charge in [0.2, 0.25) is 5.91 Å². The van der Waals surface area contributed by atoms with Crippen molar-refractivity contribution in [3.05, 3.63) is 0 Å². The predicted molar refractivity (Wildman–Crippen MR) is 93.9 cm³/mol. The van der Waals surface area contributed by atoms with Gasteiger partial charge in [0.05, 0.1) is 6.04 Å². The van der Waals surface area contributed by atoms with E-state index in [1.807, 2.05) is 0 Å². The van der Waals surface area contributed by atoms with Crippen LogP contribution in [-0.2, 0) is 14.4 Å². The summed E-state index contributed by atoms with van der Waals surface area (Å²) < 4.78 is 0. The van der Waals surface area contributed by atoms with Gasteiger partial charge in [0.1, 0.15) is 6.29 Å². The van der Waals surface area contributed by atoms with E-state index in [0.29, 0.717) is 12.7 Å². The molecule has 0 saturated carbocycles. The Morgan fingerprint density at radius 2 is 1.48 bits per heavy atom. The maximum atomic E-state index is 11.6. The Bertz CT molecular complexity index is 324. The van der Waals surface area contributed by atoms with Crippen molar-refractivity contribution >= 4 is 69.5 Å². The van der Waals surface area contributed by atoms with Gasteiger partial charge >= 0.3 is 57.4 Å². The Kier molecular flexibility index (Phi) is 20.6. The average molecular weight is 354 g/mol. The molecule has 0 aliphatic heterocycles. The van der Waals surface area contributed by atoms with Gasteiger partial charge in [0, 0.05) is 12.8 Å². The van der Waals surface area contributed by atoms with E-state index in [4.69, 9.17) is 5.11 Å². The summed E-state index contributed by atoms with van der Waals surface area (Å²) in [7, 11) is 0. The van der Waals surface area contributed by atoms with Crippen LogP contribution < -0.4 is 5.32 Å². The molecule has 0 aromatic carbocycles. The van der Waals surface area contributed by atoms with Crippen LogP contribution in [0.2, 0.25) is 0 Å². The van der Waals surface area contributed by atoms with Gasteiger partial charge in [-0.3, -0.25) is 9.59 Å². The van der Waals surface area contributed by atoms with E-state index in [9.17, 15) is 14.4 Å². The van der Waals surface area contributed by atoms with E-state index in [1.54, 1.807) is 0 Å². The third-order valence-corrected chi connectivity index (χ3v) is 3.69. The number of aldehydes is 1. The number of carbonyl (C=O) groups excluding carboxylic acids is 2. The molecule has 0 aliphatic carbocycles. The molecule has 0 unspecified atom stereocenters. The molecule has 23 heavy (non-hydrogen) atoms. The van der Waals surface area contributed by atoms with Crippen LogP contribution in [0.3, 0.4) is 0 Å². The summed E-state index contributed by atoms with van der Waals surface area (Å²) in [5, 5.41) is 11.1. The second-order valence-corrected chi connectivity index (χ2v) is 5.82. The molecule has 0 rings (SSSR count). The first-order valence-electron chi connectivity index (χ1n) is 8.56. The molecule has 6 heteroatoms. The van der Waals surface area contributed by atoms with Crippen molar-refractivity contribution in [1.29, 1.82) is 0 Å². The molecule has 0 spiro atoms. The number of nitrogens with one attached hydrogen (secondary N) is 1. The van der Waals surface area contributed by atoms with Gasteiger partial charge in [0.15, 0.2) is 0 Å². The Morgan fingerprint density at radius 3 is 1.96 bits per heavy atom. The van der Waals surface area contributed by atoms with Gasteiger partial charge in [0.25, 0.3) is 0 Å². The molecule has 1 atom stereocenters. The van der Waals surface area contributed by atoms with Crippen molar-refractivity contribution in [1.82, 2.24) is 5.32 Å². The van der Waals surface area contributed by atoms with Crippen LogP contribution >= 0.6 is 0 Å². The van der Waals surface area contributed by atoms with Crippen LogP contribution in [0.25, 0.3) is 0 Å². The van der Waals surface area contributed by atoms with Crippen molar-refractivity contribution in [2.24, 2.45) is 0 Å². The Balaban J connectivity index is 0. The summed E-state index contributed by atoms with van der Waals surface area (Å²) in [5.74, 6) is -1.12. The van der Waals surface area contributed by atoms with Gasteiger partial charge in [-0.05, 0) is 12.8 Å². The Labute approximate surface area is 182 Å². The molecular weight excluding hydrogens is 321 g/mol. The molecule has 0 aliphatic rings. The fourth-order valence-electron chi connectivity index (χ4n) is 2.33. The normalized spacial score (nSPS) is 11.3. The Hall–Kier alpha value is 0.246. The molecule has 5 nitrogen and oxygen atoms in total. The summed E-state index contributed by atoms with van der Waals surface area (Å²) in [6, 6.07) is -0.679. The van der Waals surface area contributed by atoms with Crippen LogP contribution in [0.1, 0.15) is 84.0 Å². The van der Waals surface area contributed by atoms with E-state index in [1.165, 1.54) is 38.5 Å². The summed E-state index contributed by atoms with van der Waals surface area (Å²) >= 11 is 0. The summed E-state index contributed by atoms with van der Waals surface area (Å²) in [6.45, 7) is 2.21. The summed E-state index contributed by atoms with van der Waals surface area (Å²) in [5.41, 5.74) is 0. The van der Waals surface area contributed by atoms with E-state index >= 15 is 0 Å². The number of aliphatic carboxylic acids is 1. The number of carbonyl (C=O) groups is 3. The van der Waals surface area contributed by atoms with E-state index in [2.05, 4.69) is 12.2 Å². The van der Waals surface area contributed by atoms with Gasteiger partial charge in [-0.1, -0.05) is 58.3 Å². The van der Waals surface area contributed by atoms with E-state index < -0.39 is 12.0 Å². The molecule has 0 heterocycles. The van der Waals surface area contributed by atoms with Crippen LogP contribution in [-0.4, -0.2) is 80.7 Å². The SMILES string of the molecule is CCCCCCCCCCCC(=O)N[C@H](C=O)CCC(=O)O.[KH]. The van der Waals surface area contributed by atoms with E-state index in [0.717, 1.165) is 19.3 Å². The number of carboxylic acid groups (broad SMARTS) is 1. The van der Waals surface area contributed by atoms with Crippen LogP contribution in [0.4, 0.5) is 0 Å². The number of hydrogen-bond acceptors (Lipinski definition) is 3. The van der Waals surface area contributed by atoms with E-state index in [-0.39, 0.29) is 70.1 Å². The molecule has 0 aromatic heterocycles. The zero-order chi connectivity index (χ0) is 16.6. The van der Waals surface area contributed by atoms with Crippen LogP contribution in [0.5, 0.6) is 0 Å². The van der Waals surface area contributed by atoms with Crippen molar-refractivity contribution in [3.63, 3.8) is 0 Å². The first-order valence-corrected chi connectivity index (χ1v) is 8.56. The zero-order valence-electron chi connectivity index (χ0n) is 13.8. The third-order valence-electron chi connectivity index (χ3n) is 3.69. The van der Waals surface area contributed by atoms with Crippen LogP contribution in [0, 0.1) is 0 Å². The fraction of sp³-hybridized carbons (Fsp3) is 0.824. The Morgan fingerprint density at radius 1 is 0.957 bits per heavy atom. The number of unbranched alkanes of at least 4 members (excludes halogenated alkanes) is 8. The molecule has 130 valence electrons. The summed E-state index contributed by atoms with van der Waals surface area (Å²) in [4.78, 5) is 32.8. The third kappa shape index (κ3) is 18.4. The molecule has 0 aromatic rings. The predicted octanol–water partition coefficient (Wildman–Crippen LogP) is 2.81. The van der Waals surface area contributed by atoms with Crippen LogP contribution in [0.15, 0.2) is 0 Å². The second-order valence-electron chi connectivity index (χ2n) is 5.82. The fourth-order valence-corrected chi connectivity index (χ4v) is 2.33. The molecule has 0 saturated heterocycles. The zero-order valence-corrected chi connectivity index (χ0v) is 13.8. The minimum atomic E-state index is -0.958. The minimum absolute atomic E-state index is 0. The molecular formula is C17H32KNO4. The topological polar surface area (TPSA) is 83.5 Å². The average Bonchev–Trinajstić information content (AvgIpc) is 2.49. The van der Waals surface area contributed by atoms with Crippen molar-refractivity contribution in [2.45, 2.75) is 90.0 Å². The van der Waals surface area contributed by atoms with Gasteiger partial charge < -0.3 is 15.2 Å². The second kappa shape index (κ2) is 18.6. The molecule has 0 bridgehead atoms. The van der Waals surface area contributed by atoms with Crippen molar-refractivity contribution < 1.29 is 19.5 Å². The van der Waals surface area contributed by atoms with Crippen molar-refractivity contribution in [3.8, 4) is 0 Å². The van der Waals surface area contributed by atoms with Gasteiger partial charge in [-0.25, -0.2) is 0 Å². The monoisotopic (exact) mass is 353 g/mol. The number of hydrogen-bond donors (Lipinski definition) is 2. The standard InChI is InChI=1S/C17H31NO4.K.H/c1-2-3-4-5-6-7-8-9-10-11-16(20)18-15(14-19)12-13-17(21)22;;/h14-15H,2-13H2,1H3,(H,18,20)(H,21,22);;/t15-;;/m0../s1. The molecule has 1 amide bonds. The van der Waals surface area contributed by atoms with Crippen molar-refractivity contribution in [2.75, 3.05) is 0 Å². The van der Waals surface area contributed by atoms with Gasteiger partial charge in [-0.2, -0.15) is 0 Å². The molecule has 2 N–H and O–H groups in total. The quantitative estimate of drug-likeness (QED) is 0.269. The first-order chi connectivity index (χ1) is 10.6.